The zero-order chi connectivity index (χ0) is 9.90. The summed E-state index contributed by atoms with van der Waals surface area (Å²) in [5.41, 5.74) is 5.59. The highest BCUT2D eigenvalue weighted by Gasteiger charge is 2.36. The lowest BCUT2D eigenvalue weighted by Crippen LogP contribution is -2.36. The molecule has 1 aromatic rings. The Labute approximate surface area is 75.0 Å². The van der Waals surface area contributed by atoms with Crippen LogP contribution in [-0.4, -0.2) is 17.6 Å². The number of hydrogen-bond acceptors (Lipinski definition) is 2. The lowest BCUT2D eigenvalue weighted by atomic mass is 10.0. The summed E-state index contributed by atoms with van der Waals surface area (Å²) in [6.45, 7) is -1.23. The van der Waals surface area contributed by atoms with Crippen LogP contribution in [0.25, 0.3) is 0 Å². The van der Waals surface area contributed by atoms with E-state index in [0.29, 0.717) is 5.56 Å². The van der Waals surface area contributed by atoms with E-state index in [1.165, 1.54) is 12.1 Å². The fourth-order valence-electron chi connectivity index (χ4n) is 1.00. The fourth-order valence-corrected chi connectivity index (χ4v) is 1.00. The monoisotopic (exact) mass is 187 g/mol. The molecule has 13 heavy (non-hydrogen) atoms. The zero-order valence-electron chi connectivity index (χ0n) is 6.95. The Morgan fingerprint density at radius 1 is 1.31 bits per heavy atom. The molecule has 1 atom stereocenters. The first-order chi connectivity index (χ1) is 6.08. The van der Waals surface area contributed by atoms with Crippen LogP contribution in [0.4, 0.5) is 8.78 Å². The van der Waals surface area contributed by atoms with Crippen molar-refractivity contribution in [2.24, 2.45) is 5.73 Å². The highest BCUT2D eigenvalue weighted by Crippen LogP contribution is 2.28. The van der Waals surface area contributed by atoms with Crippen molar-refractivity contribution < 1.29 is 13.9 Å². The van der Waals surface area contributed by atoms with Crippen LogP contribution in [0.5, 0.6) is 0 Å². The van der Waals surface area contributed by atoms with E-state index < -0.39 is 18.6 Å². The van der Waals surface area contributed by atoms with Crippen LogP contribution in [0.2, 0.25) is 0 Å². The maximum absolute atomic E-state index is 12.9. The molecular formula is C9H11F2NO. The zero-order valence-corrected chi connectivity index (χ0v) is 6.95. The van der Waals surface area contributed by atoms with E-state index in [1.807, 2.05) is 0 Å². The average molecular weight is 187 g/mol. The van der Waals surface area contributed by atoms with Crippen molar-refractivity contribution in [1.82, 2.24) is 0 Å². The molecule has 0 amide bonds. The van der Waals surface area contributed by atoms with Crippen LogP contribution >= 0.6 is 0 Å². The Morgan fingerprint density at radius 2 is 1.85 bits per heavy atom. The van der Waals surface area contributed by atoms with Gasteiger partial charge in [-0.15, -0.1) is 0 Å². The molecule has 0 unspecified atom stereocenters. The van der Waals surface area contributed by atoms with Crippen LogP contribution in [-0.2, 0) is 0 Å². The molecular weight excluding hydrogens is 176 g/mol. The highest BCUT2D eigenvalue weighted by atomic mass is 19.3. The summed E-state index contributed by atoms with van der Waals surface area (Å²) in [6, 6.07) is 6.54. The van der Waals surface area contributed by atoms with Crippen LogP contribution in [0.3, 0.4) is 0 Å². The van der Waals surface area contributed by atoms with Gasteiger partial charge in [-0.25, -0.2) is 8.78 Å². The molecule has 0 radical (unpaired) electrons. The molecule has 0 saturated carbocycles. The standard InChI is InChI=1S/C9H11F2NO/c10-9(11,6-13)8(12)7-4-2-1-3-5-7/h1-5,8,13H,6,12H2/t8-/m0/s1. The third-order valence-electron chi connectivity index (χ3n) is 1.82. The average Bonchev–Trinajstić information content (AvgIpc) is 2.18. The van der Waals surface area contributed by atoms with E-state index in [4.69, 9.17) is 10.8 Å². The quantitative estimate of drug-likeness (QED) is 0.749. The SMILES string of the molecule is N[C@@H](c1ccccc1)C(F)(F)CO. The van der Waals surface area contributed by atoms with E-state index >= 15 is 0 Å². The lowest BCUT2D eigenvalue weighted by Gasteiger charge is -2.21. The minimum Gasteiger partial charge on any atom is -0.390 e. The Balaban J connectivity index is 2.85. The Morgan fingerprint density at radius 3 is 2.31 bits per heavy atom. The first-order valence-electron chi connectivity index (χ1n) is 3.87. The molecule has 0 spiro atoms. The van der Waals surface area contributed by atoms with Crippen LogP contribution in [0.1, 0.15) is 11.6 Å². The summed E-state index contributed by atoms with van der Waals surface area (Å²) in [7, 11) is 0. The fraction of sp³-hybridized carbons (Fsp3) is 0.333. The van der Waals surface area contributed by atoms with Gasteiger partial charge in [-0.1, -0.05) is 30.3 Å². The topological polar surface area (TPSA) is 46.2 Å². The summed E-state index contributed by atoms with van der Waals surface area (Å²) in [4.78, 5) is 0. The Kier molecular flexibility index (Phi) is 2.95. The lowest BCUT2D eigenvalue weighted by molar-refractivity contribution is -0.0711. The van der Waals surface area contributed by atoms with E-state index in [-0.39, 0.29) is 0 Å². The van der Waals surface area contributed by atoms with Crippen molar-refractivity contribution in [3.8, 4) is 0 Å². The number of nitrogens with two attached hydrogens (primary N) is 1. The molecule has 1 aromatic carbocycles. The molecule has 0 aromatic heterocycles. The van der Waals surface area contributed by atoms with Crippen molar-refractivity contribution in [3.05, 3.63) is 35.9 Å². The van der Waals surface area contributed by atoms with Gasteiger partial charge in [0.25, 0.3) is 5.92 Å². The van der Waals surface area contributed by atoms with E-state index in [2.05, 4.69) is 0 Å². The van der Waals surface area contributed by atoms with Gasteiger partial charge in [0.2, 0.25) is 0 Å². The highest BCUT2D eigenvalue weighted by molar-refractivity contribution is 5.20. The maximum Gasteiger partial charge on any atom is 0.289 e. The summed E-state index contributed by atoms with van der Waals surface area (Å²) in [6.07, 6.45) is 0. The maximum atomic E-state index is 12.9. The molecule has 0 heterocycles. The molecule has 2 nitrogen and oxygen atoms in total. The number of halogens is 2. The second-order valence-corrected chi connectivity index (χ2v) is 2.81. The number of aliphatic hydroxyl groups excluding tert-OH is 1. The van der Waals surface area contributed by atoms with Crippen molar-refractivity contribution in [2.45, 2.75) is 12.0 Å². The van der Waals surface area contributed by atoms with E-state index in [1.54, 1.807) is 18.2 Å². The molecule has 0 saturated heterocycles. The third-order valence-corrected chi connectivity index (χ3v) is 1.82. The first-order valence-corrected chi connectivity index (χ1v) is 3.87. The summed E-state index contributed by atoms with van der Waals surface area (Å²) in [5.74, 6) is -3.26. The molecule has 0 bridgehead atoms. The Bertz CT molecular complexity index is 264. The molecule has 0 aliphatic carbocycles. The minimum atomic E-state index is -3.26. The molecule has 72 valence electrons. The van der Waals surface area contributed by atoms with Gasteiger partial charge in [0.1, 0.15) is 6.61 Å². The van der Waals surface area contributed by atoms with Crippen LogP contribution in [0, 0.1) is 0 Å². The van der Waals surface area contributed by atoms with Crippen molar-refractivity contribution in [3.63, 3.8) is 0 Å². The van der Waals surface area contributed by atoms with Crippen molar-refractivity contribution in [2.75, 3.05) is 6.61 Å². The summed E-state index contributed by atoms with van der Waals surface area (Å²) in [5, 5.41) is 8.40. The number of hydrogen-bond donors (Lipinski definition) is 2. The second kappa shape index (κ2) is 3.81. The van der Waals surface area contributed by atoms with Gasteiger partial charge in [0.05, 0.1) is 6.04 Å². The van der Waals surface area contributed by atoms with Gasteiger partial charge < -0.3 is 10.8 Å². The predicted octanol–water partition coefficient (Wildman–Crippen LogP) is 1.31. The molecule has 0 fully saturated rings. The minimum absolute atomic E-state index is 0.321. The molecule has 1 rings (SSSR count). The number of rotatable bonds is 3. The van der Waals surface area contributed by atoms with Gasteiger partial charge in [-0.05, 0) is 5.56 Å². The van der Waals surface area contributed by atoms with Crippen molar-refractivity contribution >= 4 is 0 Å². The van der Waals surface area contributed by atoms with Gasteiger partial charge in [-0.2, -0.15) is 0 Å². The van der Waals surface area contributed by atoms with Crippen LogP contribution in [0.15, 0.2) is 30.3 Å². The number of benzene rings is 1. The number of alkyl halides is 2. The third kappa shape index (κ3) is 2.23. The molecule has 4 heteroatoms. The molecule has 0 aliphatic rings. The van der Waals surface area contributed by atoms with Crippen LogP contribution < -0.4 is 5.73 Å². The predicted molar refractivity (Wildman–Crippen MR) is 45.4 cm³/mol. The van der Waals surface area contributed by atoms with Gasteiger partial charge in [0, 0.05) is 0 Å². The molecule has 3 N–H and O–H groups in total. The smallest absolute Gasteiger partial charge is 0.289 e. The molecule has 0 aliphatic heterocycles. The van der Waals surface area contributed by atoms with Gasteiger partial charge in [-0.3, -0.25) is 0 Å². The summed E-state index contributed by atoms with van der Waals surface area (Å²) >= 11 is 0. The normalized spacial score (nSPS) is 14.2. The van der Waals surface area contributed by atoms with Gasteiger partial charge >= 0.3 is 0 Å². The first kappa shape index (κ1) is 10.1. The van der Waals surface area contributed by atoms with E-state index in [0.717, 1.165) is 0 Å². The largest absolute Gasteiger partial charge is 0.390 e. The second-order valence-electron chi connectivity index (χ2n) is 2.81. The summed E-state index contributed by atoms with van der Waals surface area (Å²) < 4.78 is 25.7. The van der Waals surface area contributed by atoms with Gasteiger partial charge in [0.15, 0.2) is 0 Å². The number of aliphatic hydroxyl groups is 1. The van der Waals surface area contributed by atoms with E-state index in [9.17, 15) is 8.78 Å². The Hall–Kier alpha value is -1.00. The van der Waals surface area contributed by atoms with Crippen molar-refractivity contribution in [1.29, 1.82) is 0 Å².